The van der Waals surface area contributed by atoms with Crippen molar-refractivity contribution < 1.29 is 9.53 Å². The first-order valence-corrected chi connectivity index (χ1v) is 9.89. The van der Waals surface area contributed by atoms with Crippen LogP contribution >= 0.6 is 11.6 Å². The second kappa shape index (κ2) is 6.25. The summed E-state index contributed by atoms with van der Waals surface area (Å²) in [7, 11) is 2.23. The number of rotatable bonds is 2. The van der Waals surface area contributed by atoms with Crippen molar-refractivity contribution in [2.45, 2.75) is 37.9 Å². The van der Waals surface area contributed by atoms with Gasteiger partial charge in [0.25, 0.3) is 0 Å². The number of aromatic nitrogens is 1. The number of morpholine rings is 1. The van der Waals surface area contributed by atoms with Crippen LogP contribution in [0.3, 0.4) is 0 Å². The maximum Gasteiger partial charge on any atom is 0.242 e. The van der Waals surface area contributed by atoms with E-state index in [-0.39, 0.29) is 5.91 Å². The lowest BCUT2D eigenvalue weighted by Gasteiger charge is -2.33. The van der Waals surface area contributed by atoms with Gasteiger partial charge in [-0.25, -0.2) is 0 Å². The molecule has 0 spiro atoms. The van der Waals surface area contributed by atoms with Gasteiger partial charge in [-0.05, 0) is 43.7 Å². The zero-order valence-corrected chi connectivity index (χ0v) is 15.8. The fourth-order valence-corrected chi connectivity index (χ4v) is 5.23. The third-order valence-corrected chi connectivity index (χ3v) is 6.67. The van der Waals surface area contributed by atoms with Gasteiger partial charge in [-0.2, -0.15) is 0 Å². The lowest BCUT2D eigenvalue weighted by atomic mass is 9.97. The van der Waals surface area contributed by atoms with Crippen molar-refractivity contribution in [3.8, 4) is 0 Å². The third-order valence-electron chi connectivity index (χ3n) is 6.44. The molecule has 0 radical (unpaired) electrons. The highest BCUT2D eigenvalue weighted by atomic mass is 35.5. The first-order valence-electron chi connectivity index (χ1n) is 9.51. The predicted molar refractivity (Wildman–Crippen MR) is 102 cm³/mol. The van der Waals surface area contributed by atoms with Crippen LogP contribution in [0.2, 0.25) is 5.02 Å². The third kappa shape index (κ3) is 2.48. The van der Waals surface area contributed by atoms with Crippen LogP contribution in [0.4, 0.5) is 0 Å². The van der Waals surface area contributed by atoms with E-state index in [9.17, 15) is 4.79 Å². The summed E-state index contributed by atoms with van der Waals surface area (Å²) in [5, 5.41) is 1.99. The van der Waals surface area contributed by atoms with E-state index >= 15 is 0 Å². The van der Waals surface area contributed by atoms with Gasteiger partial charge in [-0.3, -0.25) is 9.69 Å². The Balaban J connectivity index is 1.59. The molecule has 6 heteroatoms. The molecule has 5 nitrogen and oxygen atoms in total. The highest BCUT2D eigenvalue weighted by Crippen LogP contribution is 2.47. The lowest BCUT2D eigenvalue weighted by molar-refractivity contribution is -0.135. The number of hydrogen-bond acceptors (Lipinski definition) is 3. The molecular weight excluding hydrogens is 350 g/mol. The van der Waals surface area contributed by atoms with Gasteiger partial charge in [0.2, 0.25) is 5.91 Å². The summed E-state index contributed by atoms with van der Waals surface area (Å²) >= 11 is 6.32. The van der Waals surface area contributed by atoms with Crippen molar-refractivity contribution in [3.63, 3.8) is 0 Å². The number of halogens is 1. The number of ether oxygens (including phenoxy) is 1. The van der Waals surface area contributed by atoms with Crippen LogP contribution < -0.4 is 0 Å². The minimum Gasteiger partial charge on any atom is -0.378 e. The van der Waals surface area contributed by atoms with E-state index in [1.54, 1.807) is 0 Å². The Labute approximate surface area is 158 Å². The van der Waals surface area contributed by atoms with Gasteiger partial charge in [0, 0.05) is 53.2 Å². The summed E-state index contributed by atoms with van der Waals surface area (Å²) in [4.78, 5) is 17.4. The first kappa shape index (κ1) is 16.6. The molecule has 2 bridgehead atoms. The molecule has 5 rings (SSSR count). The highest BCUT2D eigenvalue weighted by molar-refractivity contribution is 6.31. The Morgan fingerprint density at radius 2 is 2.08 bits per heavy atom. The summed E-state index contributed by atoms with van der Waals surface area (Å²) in [5.74, 6) is 0.189. The summed E-state index contributed by atoms with van der Waals surface area (Å²) in [6.45, 7) is 3.08. The van der Waals surface area contributed by atoms with E-state index in [1.807, 2.05) is 11.0 Å². The van der Waals surface area contributed by atoms with Gasteiger partial charge in [0.05, 0.1) is 13.2 Å². The van der Waals surface area contributed by atoms with Crippen molar-refractivity contribution >= 4 is 28.4 Å². The standard InChI is InChI=1S/C20H24ClN3O2/c1-22-14-3-5-17(22)20-15-10-13(21)2-4-16(15)24(18(20)11-14)12-19(25)23-6-8-26-9-7-23/h2,4,10,14,17H,3,5-9,11-12H2,1H3. The minimum absolute atomic E-state index is 0.189. The molecular formula is C20H24ClN3O2. The van der Waals surface area contributed by atoms with Crippen LogP contribution in [-0.2, 0) is 22.5 Å². The second-order valence-electron chi connectivity index (χ2n) is 7.72. The van der Waals surface area contributed by atoms with Crippen LogP contribution in [0.25, 0.3) is 10.9 Å². The molecule has 0 saturated carbocycles. The van der Waals surface area contributed by atoms with Crippen molar-refractivity contribution in [1.82, 2.24) is 14.4 Å². The number of hydrogen-bond donors (Lipinski definition) is 0. The molecule has 1 aromatic heterocycles. The molecule has 1 amide bonds. The summed E-state index contributed by atoms with van der Waals surface area (Å²) in [5.41, 5.74) is 3.88. The maximum atomic E-state index is 12.9. The van der Waals surface area contributed by atoms with E-state index in [0.29, 0.717) is 44.9 Å². The number of nitrogens with zero attached hydrogens (tertiary/aromatic N) is 3. The fraction of sp³-hybridized carbons (Fsp3) is 0.550. The van der Waals surface area contributed by atoms with Gasteiger partial charge in [0.1, 0.15) is 6.54 Å². The van der Waals surface area contributed by atoms with E-state index in [2.05, 4.69) is 28.6 Å². The zero-order chi connectivity index (χ0) is 17.8. The van der Waals surface area contributed by atoms with Crippen LogP contribution in [0.1, 0.15) is 30.1 Å². The molecule has 26 heavy (non-hydrogen) atoms. The number of likely N-dealkylation sites (N-methyl/N-ethyl adjacent to an activating group) is 1. The normalized spacial score (nSPS) is 25.7. The fourth-order valence-electron chi connectivity index (χ4n) is 5.06. The van der Waals surface area contributed by atoms with Crippen molar-refractivity contribution in [1.29, 1.82) is 0 Å². The minimum atomic E-state index is 0.189. The molecule has 2 aromatic rings. The summed E-state index contributed by atoms with van der Waals surface area (Å²) < 4.78 is 7.65. The Morgan fingerprint density at radius 1 is 1.27 bits per heavy atom. The van der Waals surface area contributed by atoms with Gasteiger partial charge in [-0.1, -0.05) is 11.6 Å². The average Bonchev–Trinajstić information content (AvgIpc) is 3.06. The second-order valence-corrected chi connectivity index (χ2v) is 8.15. The lowest BCUT2D eigenvalue weighted by Crippen LogP contribution is -2.42. The monoisotopic (exact) mass is 373 g/mol. The number of carbonyl (C=O) groups is 1. The molecule has 3 aliphatic rings. The predicted octanol–water partition coefficient (Wildman–Crippen LogP) is 2.84. The Kier molecular flexibility index (Phi) is 3.99. The smallest absolute Gasteiger partial charge is 0.242 e. The summed E-state index contributed by atoms with van der Waals surface area (Å²) in [6, 6.07) is 7.13. The Morgan fingerprint density at radius 3 is 2.88 bits per heavy atom. The van der Waals surface area contributed by atoms with Gasteiger partial charge in [0.15, 0.2) is 0 Å². The Hall–Kier alpha value is -1.56. The van der Waals surface area contributed by atoms with E-state index in [4.69, 9.17) is 16.3 Å². The van der Waals surface area contributed by atoms with Crippen molar-refractivity contribution in [2.24, 2.45) is 0 Å². The highest BCUT2D eigenvalue weighted by Gasteiger charge is 2.41. The molecule has 3 aliphatic heterocycles. The van der Waals surface area contributed by atoms with Gasteiger partial charge >= 0.3 is 0 Å². The quantitative estimate of drug-likeness (QED) is 0.812. The van der Waals surface area contributed by atoms with Crippen LogP contribution in [0.5, 0.6) is 0 Å². The van der Waals surface area contributed by atoms with Crippen molar-refractivity contribution in [2.75, 3.05) is 33.4 Å². The number of fused-ring (bicyclic) bond motifs is 6. The van der Waals surface area contributed by atoms with E-state index in [1.165, 1.54) is 29.5 Å². The largest absolute Gasteiger partial charge is 0.378 e. The van der Waals surface area contributed by atoms with E-state index < -0.39 is 0 Å². The summed E-state index contributed by atoms with van der Waals surface area (Å²) in [6.07, 6.45) is 3.44. The molecule has 1 aromatic carbocycles. The topological polar surface area (TPSA) is 37.7 Å². The van der Waals surface area contributed by atoms with Gasteiger partial charge in [-0.15, -0.1) is 0 Å². The molecule has 2 atom stereocenters. The van der Waals surface area contributed by atoms with Crippen LogP contribution in [0.15, 0.2) is 18.2 Å². The number of benzene rings is 1. The van der Waals surface area contributed by atoms with Crippen LogP contribution in [0, 0.1) is 0 Å². The van der Waals surface area contributed by atoms with Gasteiger partial charge < -0.3 is 14.2 Å². The SMILES string of the molecule is CN1C2CCC1c1c(n(CC(=O)N3CCOCC3)c3ccc(Cl)cc13)C2. The number of amides is 1. The van der Waals surface area contributed by atoms with Crippen LogP contribution in [-0.4, -0.2) is 59.7 Å². The maximum absolute atomic E-state index is 12.9. The molecule has 2 unspecified atom stereocenters. The molecule has 4 heterocycles. The molecule has 2 saturated heterocycles. The molecule has 0 N–H and O–H groups in total. The average molecular weight is 374 g/mol. The molecule has 2 fully saturated rings. The molecule has 138 valence electrons. The van der Waals surface area contributed by atoms with E-state index in [0.717, 1.165) is 17.0 Å². The Bertz CT molecular complexity index is 872. The number of carbonyl (C=O) groups excluding carboxylic acids is 1. The first-order chi connectivity index (χ1) is 12.6. The molecule has 0 aliphatic carbocycles. The zero-order valence-electron chi connectivity index (χ0n) is 15.1. The van der Waals surface area contributed by atoms with Crippen molar-refractivity contribution in [3.05, 3.63) is 34.5 Å².